The topological polar surface area (TPSA) is 37.4 Å². The minimum atomic E-state index is -0.271. The quantitative estimate of drug-likeness (QED) is 0.745. The van der Waals surface area contributed by atoms with Gasteiger partial charge in [0, 0.05) is 18.5 Å². The first-order chi connectivity index (χ1) is 9.63. The molecule has 1 amide bonds. The SMILES string of the molecule is CCCCC(C(=O)c1ccc(C)cc1)N1CCCC1=O. The fourth-order valence-electron chi connectivity index (χ4n) is 2.73. The average molecular weight is 273 g/mol. The summed E-state index contributed by atoms with van der Waals surface area (Å²) >= 11 is 0. The zero-order valence-electron chi connectivity index (χ0n) is 12.4. The Balaban J connectivity index is 2.18. The Morgan fingerprint density at radius 3 is 2.55 bits per heavy atom. The molecule has 2 rings (SSSR count). The van der Waals surface area contributed by atoms with Gasteiger partial charge in [0.1, 0.15) is 0 Å². The van der Waals surface area contributed by atoms with E-state index in [1.807, 2.05) is 31.2 Å². The van der Waals surface area contributed by atoms with E-state index < -0.39 is 0 Å². The van der Waals surface area contributed by atoms with E-state index in [-0.39, 0.29) is 17.7 Å². The summed E-state index contributed by atoms with van der Waals surface area (Å²) in [4.78, 5) is 26.4. The van der Waals surface area contributed by atoms with Crippen LogP contribution in [0.5, 0.6) is 0 Å². The van der Waals surface area contributed by atoms with Crippen molar-refractivity contribution < 1.29 is 9.59 Å². The lowest BCUT2D eigenvalue weighted by Crippen LogP contribution is -2.42. The Hall–Kier alpha value is -1.64. The number of Topliss-reactive ketones (excluding diaryl/α,β-unsaturated/α-hetero) is 1. The summed E-state index contributed by atoms with van der Waals surface area (Å²) in [6.45, 7) is 4.84. The number of amides is 1. The number of nitrogens with zero attached hydrogens (tertiary/aromatic N) is 1. The lowest BCUT2D eigenvalue weighted by Gasteiger charge is -2.26. The van der Waals surface area contributed by atoms with Crippen molar-refractivity contribution in [2.24, 2.45) is 0 Å². The summed E-state index contributed by atoms with van der Waals surface area (Å²) in [7, 11) is 0. The van der Waals surface area contributed by atoms with E-state index >= 15 is 0 Å². The van der Waals surface area contributed by atoms with Crippen LogP contribution in [-0.4, -0.2) is 29.2 Å². The van der Waals surface area contributed by atoms with Gasteiger partial charge in [0.25, 0.3) is 0 Å². The number of unbranched alkanes of at least 4 members (excludes halogenated alkanes) is 1. The molecule has 0 aliphatic carbocycles. The van der Waals surface area contributed by atoms with Crippen LogP contribution < -0.4 is 0 Å². The van der Waals surface area contributed by atoms with Crippen LogP contribution >= 0.6 is 0 Å². The molecule has 1 aromatic rings. The lowest BCUT2D eigenvalue weighted by molar-refractivity contribution is -0.129. The monoisotopic (exact) mass is 273 g/mol. The largest absolute Gasteiger partial charge is 0.332 e. The Bertz CT molecular complexity index is 478. The maximum Gasteiger partial charge on any atom is 0.223 e. The third-order valence-corrected chi connectivity index (χ3v) is 3.96. The van der Waals surface area contributed by atoms with Crippen LogP contribution in [-0.2, 0) is 4.79 Å². The van der Waals surface area contributed by atoms with Gasteiger partial charge in [0.05, 0.1) is 6.04 Å². The number of rotatable bonds is 6. The summed E-state index contributed by atoms with van der Waals surface area (Å²) in [5.74, 6) is 0.222. The third-order valence-electron chi connectivity index (χ3n) is 3.96. The number of carbonyl (C=O) groups is 2. The molecular weight excluding hydrogens is 250 g/mol. The molecule has 0 N–H and O–H groups in total. The Labute approximate surface area is 121 Å². The van der Waals surface area contributed by atoms with Crippen LogP contribution in [0.2, 0.25) is 0 Å². The van der Waals surface area contributed by atoms with Crippen molar-refractivity contribution in [2.45, 2.75) is 52.0 Å². The lowest BCUT2D eigenvalue weighted by atomic mass is 9.97. The molecule has 0 aromatic heterocycles. The second kappa shape index (κ2) is 6.69. The Kier molecular flexibility index (Phi) is 4.94. The number of aryl methyl sites for hydroxylation is 1. The highest BCUT2D eigenvalue weighted by atomic mass is 16.2. The van der Waals surface area contributed by atoms with Crippen LogP contribution in [0.15, 0.2) is 24.3 Å². The van der Waals surface area contributed by atoms with Crippen molar-refractivity contribution in [3.63, 3.8) is 0 Å². The summed E-state index contributed by atoms with van der Waals surface area (Å²) in [5.41, 5.74) is 1.86. The molecule has 1 aromatic carbocycles. The average Bonchev–Trinajstić information content (AvgIpc) is 2.86. The highest BCUT2D eigenvalue weighted by Crippen LogP contribution is 2.21. The number of hydrogen-bond donors (Lipinski definition) is 0. The van der Waals surface area contributed by atoms with Gasteiger partial charge >= 0.3 is 0 Å². The molecule has 3 heteroatoms. The fraction of sp³-hybridized carbons (Fsp3) is 0.529. The van der Waals surface area contributed by atoms with Gasteiger partial charge in [-0.1, -0.05) is 49.6 Å². The van der Waals surface area contributed by atoms with E-state index in [2.05, 4.69) is 6.92 Å². The summed E-state index contributed by atoms with van der Waals surface area (Å²) in [5, 5.41) is 0. The number of likely N-dealkylation sites (tertiary alicyclic amines) is 1. The van der Waals surface area contributed by atoms with Gasteiger partial charge in [-0.05, 0) is 19.8 Å². The Morgan fingerprint density at radius 2 is 2.00 bits per heavy atom. The standard InChI is InChI=1S/C17H23NO2/c1-3-4-6-15(18-12-5-7-16(18)19)17(20)14-10-8-13(2)9-11-14/h8-11,15H,3-7,12H2,1-2H3. The number of ketones is 1. The normalized spacial score (nSPS) is 16.5. The fourth-order valence-corrected chi connectivity index (χ4v) is 2.73. The molecule has 1 fully saturated rings. The van der Waals surface area contributed by atoms with Crippen molar-refractivity contribution in [3.8, 4) is 0 Å². The minimum Gasteiger partial charge on any atom is -0.332 e. The molecule has 0 spiro atoms. The van der Waals surface area contributed by atoms with Gasteiger partial charge in [-0.2, -0.15) is 0 Å². The van der Waals surface area contributed by atoms with E-state index in [0.29, 0.717) is 6.42 Å². The predicted molar refractivity (Wildman–Crippen MR) is 79.8 cm³/mol. The van der Waals surface area contributed by atoms with Gasteiger partial charge in [-0.25, -0.2) is 0 Å². The molecule has 0 radical (unpaired) electrons. The first kappa shape index (κ1) is 14.8. The molecule has 1 aliphatic heterocycles. The van der Waals surface area contributed by atoms with Crippen molar-refractivity contribution in [2.75, 3.05) is 6.54 Å². The van der Waals surface area contributed by atoms with Crippen molar-refractivity contribution in [1.82, 2.24) is 4.90 Å². The van der Waals surface area contributed by atoms with E-state index in [1.54, 1.807) is 4.90 Å². The van der Waals surface area contributed by atoms with E-state index in [9.17, 15) is 9.59 Å². The summed E-state index contributed by atoms with van der Waals surface area (Å²) < 4.78 is 0. The highest BCUT2D eigenvalue weighted by Gasteiger charge is 2.32. The van der Waals surface area contributed by atoms with Gasteiger partial charge in [-0.15, -0.1) is 0 Å². The zero-order valence-corrected chi connectivity index (χ0v) is 12.4. The highest BCUT2D eigenvalue weighted by molar-refractivity contribution is 6.02. The smallest absolute Gasteiger partial charge is 0.223 e. The molecule has 1 heterocycles. The molecule has 1 atom stereocenters. The molecule has 0 saturated carbocycles. The van der Waals surface area contributed by atoms with Crippen molar-refractivity contribution in [3.05, 3.63) is 35.4 Å². The second-order valence-corrected chi connectivity index (χ2v) is 5.58. The number of benzene rings is 1. The van der Waals surface area contributed by atoms with Gasteiger partial charge in [-0.3, -0.25) is 9.59 Å². The van der Waals surface area contributed by atoms with Crippen molar-refractivity contribution >= 4 is 11.7 Å². The van der Waals surface area contributed by atoms with Crippen LogP contribution in [0.3, 0.4) is 0 Å². The van der Waals surface area contributed by atoms with E-state index in [4.69, 9.17) is 0 Å². The molecule has 0 bridgehead atoms. The zero-order chi connectivity index (χ0) is 14.5. The molecule has 3 nitrogen and oxygen atoms in total. The second-order valence-electron chi connectivity index (χ2n) is 5.58. The van der Waals surface area contributed by atoms with Crippen LogP contribution in [0, 0.1) is 6.92 Å². The predicted octanol–water partition coefficient (Wildman–Crippen LogP) is 3.36. The molecule has 20 heavy (non-hydrogen) atoms. The van der Waals surface area contributed by atoms with Crippen LogP contribution in [0.25, 0.3) is 0 Å². The summed E-state index contributed by atoms with van der Waals surface area (Å²) in [6.07, 6.45) is 4.26. The van der Waals surface area contributed by atoms with E-state index in [1.165, 1.54) is 0 Å². The first-order valence-corrected chi connectivity index (χ1v) is 7.54. The molecular formula is C17H23NO2. The Morgan fingerprint density at radius 1 is 1.30 bits per heavy atom. The number of hydrogen-bond acceptors (Lipinski definition) is 2. The van der Waals surface area contributed by atoms with E-state index in [0.717, 1.165) is 43.4 Å². The van der Waals surface area contributed by atoms with Gasteiger partial charge in [0.2, 0.25) is 5.91 Å². The molecule has 1 saturated heterocycles. The minimum absolute atomic E-state index is 0.0914. The van der Waals surface area contributed by atoms with Gasteiger partial charge < -0.3 is 4.90 Å². The maximum atomic E-state index is 12.7. The summed E-state index contributed by atoms with van der Waals surface area (Å²) in [6, 6.07) is 7.38. The first-order valence-electron chi connectivity index (χ1n) is 7.54. The van der Waals surface area contributed by atoms with Crippen molar-refractivity contribution in [1.29, 1.82) is 0 Å². The molecule has 1 unspecified atom stereocenters. The molecule has 108 valence electrons. The van der Waals surface area contributed by atoms with Crippen LogP contribution in [0.4, 0.5) is 0 Å². The molecule has 1 aliphatic rings. The third kappa shape index (κ3) is 3.27. The van der Waals surface area contributed by atoms with Crippen LogP contribution in [0.1, 0.15) is 54.9 Å². The number of carbonyl (C=O) groups excluding carboxylic acids is 2. The maximum absolute atomic E-state index is 12.7. The van der Waals surface area contributed by atoms with Gasteiger partial charge in [0.15, 0.2) is 5.78 Å².